The number of hydroxylamine groups is 4. The molecule has 0 saturated carbocycles. The number of carbonyl (C=O) groups excluding carboxylic acids is 3. The van der Waals surface area contributed by atoms with Gasteiger partial charge in [0.25, 0.3) is 0 Å². The summed E-state index contributed by atoms with van der Waals surface area (Å²) in [4.78, 5) is 41.5. The average molecular weight is 317 g/mol. The Morgan fingerprint density at radius 2 is 2.04 bits per heavy atom. The Bertz CT molecular complexity index is 852. The van der Waals surface area contributed by atoms with Crippen molar-refractivity contribution in [2.75, 3.05) is 5.73 Å². The van der Waals surface area contributed by atoms with Gasteiger partial charge >= 0.3 is 17.9 Å². The molecule has 3 amide bonds. The second-order valence-electron chi connectivity index (χ2n) is 5.11. The van der Waals surface area contributed by atoms with Crippen molar-refractivity contribution in [3.63, 3.8) is 0 Å². The maximum absolute atomic E-state index is 12.4. The number of hydrogen-bond donors (Lipinski definition) is 3. The normalized spacial score (nSPS) is 24.1. The van der Waals surface area contributed by atoms with Gasteiger partial charge in [0, 0.05) is 22.7 Å². The van der Waals surface area contributed by atoms with E-state index in [2.05, 4.69) is 9.82 Å². The van der Waals surface area contributed by atoms with E-state index in [-0.39, 0.29) is 12.1 Å². The van der Waals surface area contributed by atoms with Crippen LogP contribution < -0.4 is 11.5 Å². The molecule has 2 heterocycles. The number of aromatic nitrogens is 1. The van der Waals surface area contributed by atoms with Crippen LogP contribution in [-0.2, 0) is 14.4 Å². The number of nitrogens with two attached hydrogens (primary N) is 2. The van der Waals surface area contributed by atoms with Gasteiger partial charge in [-0.1, -0.05) is 12.1 Å². The highest BCUT2D eigenvalue weighted by molar-refractivity contribution is 6.01. The molecule has 1 aliphatic rings. The highest BCUT2D eigenvalue weighted by Crippen LogP contribution is 2.37. The van der Waals surface area contributed by atoms with Gasteiger partial charge < -0.3 is 11.5 Å². The van der Waals surface area contributed by atoms with Crippen molar-refractivity contribution in [1.29, 1.82) is 0 Å². The Hall–Kier alpha value is -3.04. The summed E-state index contributed by atoms with van der Waals surface area (Å²) >= 11 is 0. The molecule has 0 radical (unpaired) electrons. The van der Waals surface area contributed by atoms with Crippen molar-refractivity contribution in [3.05, 3.63) is 36.2 Å². The molecule has 9 nitrogen and oxygen atoms in total. The van der Waals surface area contributed by atoms with E-state index in [1.807, 2.05) is 0 Å². The van der Waals surface area contributed by atoms with Crippen LogP contribution in [0, 0.1) is 0 Å². The molecule has 0 bridgehead atoms. The molecule has 1 aromatic heterocycles. The van der Waals surface area contributed by atoms with E-state index in [4.69, 9.17) is 11.5 Å². The maximum atomic E-state index is 12.4. The molecule has 23 heavy (non-hydrogen) atoms. The molecule has 2 unspecified atom stereocenters. The predicted molar refractivity (Wildman–Crippen MR) is 76.2 cm³/mol. The van der Waals surface area contributed by atoms with Gasteiger partial charge in [-0.25, -0.2) is 19.2 Å². The Kier molecular flexibility index (Phi) is 3.24. The first-order valence-electron chi connectivity index (χ1n) is 6.66. The Balaban J connectivity index is 2.11. The number of quaternary nitrogens is 1. The van der Waals surface area contributed by atoms with Gasteiger partial charge in [0.15, 0.2) is 0 Å². The summed E-state index contributed by atoms with van der Waals surface area (Å²) in [6.07, 6.45) is -0.362. The number of nitrogens with zero attached hydrogens (tertiary/aromatic N) is 2. The molecule has 9 heteroatoms. The quantitative estimate of drug-likeness (QED) is 0.317. The zero-order valence-electron chi connectivity index (χ0n) is 11.8. The van der Waals surface area contributed by atoms with Crippen molar-refractivity contribution in [3.8, 4) is 0 Å². The van der Waals surface area contributed by atoms with Crippen molar-refractivity contribution in [2.24, 2.45) is 5.73 Å². The van der Waals surface area contributed by atoms with Crippen LogP contribution >= 0.6 is 0 Å². The lowest BCUT2D eigenvalue weighted by Gasteiger charge is -2.15. The first kappa shape index (κ1) is 14.9. The fourth-order valence-electron chi connectivity index (χ4n) is 2.69. The molecule has 0 aliphatic carbocycles. The number of hydrogen-bond acceptors (Lipinski definition) is 7. The van der Waals surface area contributed by atoms with Crippen LogP contribution in [0.25, 0.3) is 10.8 Å². The molecular weight excluding hydrogens is 304 g/mol. The van der Waals surface area contributed by atoms with Gasteiger partial charge in [-0.15, -0.1) is 0 Å². The van der Waals surface area contributed by atoms with Gasteiger partial charge in [-0.3, -0.25) is 4.98 Å². The number of rotatable bonds is 2. The van der Waals surface area contributed by atoms with Crippen LogP contribution in [-0.4, -0.2) is 32.9 Å². The summed E-state index contributed by atoms with van der Waals surface area (Å²) in [5.74, 6) is -3.10. The first-order valence-corrected chi connectivity index (χ1v) is 6.66. The smallest absolute Gasteiger partial charge is 0.398 e. The van der Waals surface area contributed by atoms with Crippen molar-refractivity contribution in [1.82, 2.24) is 4.98 Å². The monoisotopic (exact) mass is 317 g/mol. The van der Waals surface area contributed by atoms with Gasteiger partial charge in [0.05, 0.1) is 12.1 Å². The summed E-state index contributed by atoms with van der Waals surface area (Å²) in [5, 5.41) is 11.3. The zero-order valence-corrected chi connectivity index (χ0v) is 11.8. The lowest BCUT2D eigenvalue weighted by Crippen LogP contribution is -2.52. The third-order valence-corrected chi connectivity index (χ3v) is 3.74. The van der Waals surface area contributed by atoms with E-state index in [0.29, 0.717) is 16.5 Å². The SMILES string of the molecule is NC(=O)O[N+]1(O)C(=O)CC(c2nccc3c(N)cccc23)C1=O. The molecule has 3 rings (SSSR count). The summed E-state index contributed by atoms with van der Waals surface area (Å²) < 4.78 is 0. The van der Waals surface area contributed by atoms with Gasteiger partial charge in [0.1, 0.15) is 10.7 Å². The molecule has 118 valence electrons. The van der Waals surface area contributed by atoms with E-state index >= 15 is 0 Å². The van der Waals surface area contributed by atoms with E-state index < -0.39 is 28.6 Å². The topological polar surface area (TPSA) is 146 Å². The highest BCUT2D eigenvalue weighted by atomic mass is 17.0. The highest BCUT2D eigenvalue weighted by Gasteiger charge is 2.62. The average Bonchev–Trinajstić information content (AvgIpc) is 2.71. The standard InChI is InChI=1S/C14H12N4O5/c15-10-3-1-2-8-7(10)4-5-17-12(8)9-6-11(19)18(22,13(9)20)23-14(16)21/h1-5,9,22H,6,15H2,(H-,16,21)/p+1. The molecule has 1 aromatic carbocycles. The van der Waals surface area contributed by atoms with Crippen molar-refractivity contribution in [2.45, 2.75) is 12.3 Å². The van der Waals surface area contributed by atoms with Gasteiger partial charge in [-0.2, -0.15) is 5.21 Å². The Morgan fingerprint density at radius 3 is 2.74 bits per heavy atom. The van der Waals surface area contributed by atoms with Crippen LogP contribution in [0.1, 0.15) is 18.0 Å². The summed E-state index contributed by atoms with van der Waals surface area (Å²) in [5.41, 5.74) is 11.4. The van der Waals surface area contributed by atoms with E-state index in [1.165, 1.54) is 6.20 Å². The second kappa shape index (κ2) is 5.00. The lowest BCUT2D eigenvalue weighted by molar-refractivity contribution is -1.12. The molecule has 0 spiro atoms. The number of carbonyl (C=O) groups is 3. The predicted octanol–water partition coefficient (Wildman–Crippen LogP) is 0.574. The van der Waals surface area contributed by atoms with Crippen LogP contribution in [0.15, 0.2) is 30.5 Å². The molecule has 1 fully saturated rings. The molecule has 2 atom stereocenters. The minimum atomic E-state index is -2.11. The minimum absolute atomic E-state index is 0.273. The summed E-state index contributed by atoms with van der Waals surface area (Å²) in [7, 11) is 0. The largest absolute Gasteiger partial charge is 0.465 e. The summed E-state index contributed by atoms with van der Waals surface area (Å²) in [6, 6.07) is 6.75. The molecule has 1 aliphatic heterocycles. The number of pyridine rings is 1. The van der Waals surface area contributed by atoms with Crippen LogP contribution in [0.5, 0.6) is 0 Å². The maximum Gasteiger partial charge on any atom is 0.465 e. The van der Waals surface area contributed by atoms with Crippen LogP contribution in [0.2, 0.25) is 0 Å². The number of primary amides is 1. The van der Waals surface area contributed by atoms with Gasteiger partial charge in [0.2, 0.25) is 0 Å². The number of benzene rings is 1. The third-order valence-electron chi connectivity index (χ3n) is 3.74. The number of nitrogen functional groups attached to an aromatic ring is 1. The Labute approximate surface area is 129 Å². The number of amides is 3. The molecule has 1 saturated heterocycles. The lowest BCUT2D eigenvalue weighted by atomic mass is 9.97. The zero-order chi connectivity index (χ0) is 16.8. The fraction of sp³-hybridized carbons (Fsp3) is 0.143. The van der Waals surface area contributed by atoms with Crippen molar-refractivity contribution < 1.29 is 29.2 Å². The van der Waals surface area contributed by atoms with E-state index in [9.17, 15) is 19.6 Å². The fourth-order valence-corrected chi connectivity index (χ4v) is 2.69. The van der Waals surface area contributed by atoms with Crippen LogP contribution in [0.3, 0.4) is 0 Å². The number of anilines is 1. The first-order chi connectivity index (χ1) is 10.8. The van der Waals surface area contributed by atoms with Crippen LogP contribution in [0.4, 0.5) is 10.5 Å². The Morgan fingerprint density at radius 1 is 1.30 bits per heavy atom. The van der Waals surface area contributed by atoms with E-state index in [1.54, 1.807) is 24.3 Å². The molecule has 2 aromatic rings. The molecule has 5 N–H and O–H groups in total. The second-order valence-corrected chi connectivity index (χ2v) is 5.11. The minimum Gasteiger partial charge on any atom is -0.398 e. The molecular formula is C14H13N4O5+. The third kappa shape index (κ3) is 2.18. The number of fused-ring (bicyclic) bond motifs is 1. The van der Waals surface area contributed by atoms with Gasteiger partial charge in [-0.05, 0) is 12.1 Å². The number of imide groups is 1. The van der Waals surface area contributed by atoms with E-state index in [0.717, 1.165) is 0 Å². The van der Waals surface area contributed by atoms with Crippen molar-refractivity contribution >= 4 is 34.4 Å². The summed E-state index contributed by atoms with van der Waals surface area (Å²) in [6.45, 7) is 0.